The fourth-order valence-corrected chi connectivity index (χ4v) is 3.10. The average molecular weight is 374 g/mol. The second-order valence-corrected chi connectivity index (χ2v) is 6.24. The number of fused-ring (bicyclic) bond motifs is 1. The summed E-state index contributed by atoms with van der Waals surface area (Å²) in [6, 6.07) is 3.25. The number of nitrogens with zero attached hydrogens (tertiary/aromatic N) is 4. The standard InChI is InChI=1S/C18H22N4O5/c1-26-15-9-13-14(10-16(15)27-2)19-11-22(18(13)25)4-3-17(24)21-7-5-20(12-23)6-8-21/h9-12H,3-8H2,1-2H3. The van der Waals surface area contributed by atoms with Gasteiger partial charge in [0.05, 0.1) is 31.4 Å². The number of aromatic nitrogens is 2. The topological polar surface area (TPSA) is 94.0 Å². The molecule has 144 valence electrons. The van der Waals surface area contributed by atoms with Crippen molar-refractivity contribution in [1.82, 2.24) is 19.4 Å². The highest BCUT2D eigenvalue weighted by Gasteiger charge is 2.20. The van der Waals surface area contributed by atoms with Crippen molar-refractivity contribution in [1.29, 1.82) is 0 Å². The van der Waals surface area contributed by atoms with E-state index in [1.807, 2.05) is 0 Å². The van der Waals surface area contributed by atoms with Crippen LogP contribution < -0.4 is 15.0 Å². The van der Waals surface area contributed by atoms with Gasteiger partial charge in [0.1, 0.15) is 0 Å². The molecule has 0 atom stereocenters. The quantitative estimate of drug-likeness (QED) is 0.666. The molecule has 0 radical (unpaired) electrons. The molecule has 2 aromatic rings. The summed E-state index contributed by atoms with van der Waals surface area (Å²) in [4.78, 5) is 43.5. The predicted molar refractivity (Wildman–Crippen MR) is 97.9 cm³/mol. The first-order chi connectivity index (χ1) is 13.1. The third kappa shape index (κ3) is 3.86. The molecule has 3 rings (SSSR count). The average Bonchev–Trinajstić information content (AvgIpc) is 2.72. The van der Waals surface area contributed by atoms with E-state index in [1.54, 1.807) is 21.9 Å². The van der Waals surface area contributed by atoms with Crippen molar-refractivity contribution in [3.05, 3.63) is 28.8 Å². The van der Waals surface area contributed by atoms with Crippen LogP contribution in [0.3, 0.4) is 0 Å². The Bertz CT molecular complexity index is 902. The molecule has 1 aromatic heterocycles. The third-order valence-corrected chi connectivity index (χ3v) is 4.71. The number of carbonyl (C=O) groups is 2. The van der Waals surface area contributed by atoms with Gasteiger partial charge in [0, 0.05) is 45.2 Å². The van der Waals surface area contributed by atoms with Gasteiger partial charge >= 0.3 is 0 Å². The Morgan fingerprint density at radius 3 is 2.44 bits per heavy atom. The summed E-state index contributed by atoms with van der Waals surface area (Å²) in [5.41, 5.74) is 0.268. The Balaban J connectivity index is 1.73. The number of aryl methyl sites for hydroxylation is 1. The number of piperazine rings is 1. The Labute approximate surface area is 156 Å². The van der Waals surface area contributed by atoms with Crippen molar-refractivity contribution >= 4 is 23.2 Å². The normalized spacial score (nSPS) is 14.3. The highest BCUT2D eigenvalue weighted by molar-refractivity contribution is 5.81. The first-order valence-electron chi connectivity index (χ1n) is 8.65. The van der Waals surface area contributed by atoms with E-state index in [9.17, 15) is 14.4 Å². The molecule has 0 bridgehead atoms. The maximum atomic E-state index is 12.7. The Morgan fingerprint density at radius 1 is 1.15 bits per heavy atom. The lowest BCUT2D eigenvalue weighted by Crippen LogP contribution is -2.48. The van der Waals surface area contributed by atoms with E-state index in [4.69, 9.17) is 9.47 Å². The fourth-order valence-electron chi connectivity index (χ4n) is 3.10. The lowest BCUT2D eigenvalue weighted by atomic mass is 10.2. The Kier molecular flexibility index (Phi) is 5.58. The highest BCUT2D eigenvalue weighted by atomic mass is 16.5. The monoisotopic (exact) mass is 374 g/mol. The van der Waals surface area contributed by atoms with Gasteiger partial charge in [0.15, 0.2) is 11.5 Å². The minimum Gasteiger partial charge on any atom is -0.493 e. The minimum absolute atomic E-state index is 0.0418. The van der Waals surface area contributed by atoms with Gasteiger partial charge in [0.2, 0.25) is 12.3 Å². The Hall–Kier alpha value is -3.10. The van der Waals surface area contributed by atoms with Gasteiger partial charge in [0.25, 0.3) is 5.56 Å². The number of carbonyl (C=O) groups excluding carboxylic acids is 2. The van der Waals surface area contributed by atoms with Gasteiger partial charge < -0.3 is 19.3 Å². The molecule has 27 heavy (non-hydrogen) atoms. The summed E-state index contributed by atoms with van der Waals surface area (Å²) in [6.07, 6.45) is 2.43. The molecule has 1 aliphatic heterocycles. The summed E-state index contributed by atoms with van der Waals surface area (Å²) in [5.74, 6) is 0.907. The molecular weight excluding hydrogens is 352 g/mol. The molecule has 2 heterocycles. The van der Waals surface area contributed by atoms with Crippen molar-refractivity contribution in [3.63, 3.8) is 0 Å². The number of rotatable bonds is 6. The molecule has 1 aliphatic rings. The molecule has 1 saturated heterocycles. The predicted octanol–water partition coefficient (Wildman–Crippen LogP) is 0.104. The van der Waals surface area contributed by atoms with Crippen LogP contribution in [0.4, 0.5) is 0 Å². The smallest absolute Gasteiger partial charge is 0.261 e. The zero-order chi connectivity index (χ0) is 19.4. The number of benzene rings is 1. The molecule has 2 amide bonds. The highest BCUT2D eigenvalue weighted by Crippen LogP contribution is 2.29. The van der Waals surface area contributed by atoms with Crippen LogP contribution in [0.15, 0.2) is 23.3 Å². The van der Waals surface area contributed by atoms with Gasteiger partial charge in [-0.3, -0.25) is 19.0 Å². The van der Waals surface area contributed by atoms with Crippen molar-refractivity contribution < 1.29 is 19.1 Å². The molecule has 0 N–H and O–H groups in total. The van der Waals surface area contributed by atoms with Crippen molar-refractivity contribution in [2.75, 3.05) is 40.4 Å². The summed E-state index contributed by atoms with van der Waals surface area (Å²) in [7, 11) is 3.02. The number of amides is 2. The molecule has 9 nitrogen and oxygen atoms in total. The molecule has 0 spiro atoms. The number of hydrogen-bond acceptors (Lipinski definition) is 6. The van der Waals surface area contributed by atoms with E-state index in [-0.39, 0.29) is 24.4 Å². The van der Waals surface area contributed by atoms with Crippen molar-refractivity contribution in [2.45, 2.75) is 13.0 Å². The van der Waals surface area contributed by atoms with Crippen LogP contribution in [0.5, 0.6) is 11.5 Å². The van der Waals surface area contributed by atoms with Crippen LogP contribution in [0.1, 0.15) is 6.42 Å². The molecule has 0 unspecified atom stereocenters. The SMILES string of the molecule is COc1cc2ncn(CCC(=O)N3CCN(C=O)CC3)c(=O)c2cc1OC. The lowest BCUT2D eigenvalue weighted by molar-refractivity contribution is -0.135. The maximum Gasteiger partial charge on any atom is 0.261 e. The Morgan fingerprint density at radius 2 is 1.81 bits per heavy atom. The van der Waals surface area contributed by atoms with Gasteiger partial charge in [-0.1, -0.05) is 0 Å². The van der Waals surface area contributed by atoms with Gasteiger partial charge in [-0.25, -0.2) is 4.98 Å². The van der Waals surface area contributed by atoms with Crippen LogP contribution >= 0.6 is 0 Å². The van der Waals surface area contributed by atoms with E-state index >= 15 is 0 Å². The fraction of sp³-hybridized carbons (Fsp3) is 0.444. The maximum absolute atomic E-state index is 12.7. The molecule has 0 aliphatic carbocycles. The van der Waals surface area contributed by atoms with Gasteiger partial charge in [-0.2, -0.15) is 0 Å². The minimum atomic E-state index is -0.237. The van der Waals surface area contributed by atoms with Crippen molar-refractivity contribution in [3.8, 4) is 11.5 Å². The van der Waals surface area contributed by atoms with E-state index < -0.39 is 0 Å². The zero-order valence-electron chi connectivity index (χ0n) is 15.4. The summed E-state index contributed by atoms with van der Waals surface area (Å²) in [6.45, 7) is 2.34. The third-order valence-electron chi connectivity index (χ3n) is 4.71. The van der Waals surface area contributed by atoms with Gasteiger partial charge in [-0.05, 0) is 6.07 Å². The lowest BCUT2D eigenvalue weighted by Gasteiger charge is -2.32. The van der Waals surface area contributed by atoms with Crippen molar-refractivity contribution in [2.24, 2.45) is 0 Å². The second-order valence-electron chi connectivity index (χ2n) is 6.24. The summed E-state index contributed by atoms with van der Waals surface area (Å²) < 4.78 is 11.9. The van der Waals surface area contributed by atoms with Crippen LogP contribution in [0.2, 0.25) is 0 Å². The zero-order valence-corrected chi connectivity index (χ0v) is 15.4. The van der Waals surface area contributed by atoms with E-state index in [1.165, 1.54) is 25.1 Å². The van der Waals surface area contributed by atoms with Crippen LogP contribution in [-0.4, -0.2) is 72.1 Å². The molecule has 0 saturated carbocycles. The summed E-state index contributed by atoms with van der Waals surface area (Å²) in [5, 5.41) is 0.405. The first kappa shape index (κ1) is 18.7. The van der Waals surface area contributed by atoms with Gasteiger partial charge in [-0.15, -0.1) is 0 Å². The van der Waals surface area contributed by atoms with Crippen LogP contribution in [0, 0.1) is 0 Å². The molecule has 9 heteroatoms. The number of ether oxygens (including phenoxy) is 2. The van der Waals surface area contributed by atoms with E-state index in [0.717, 1.165) is 6.41 Å². The summed E-state index contributed by atoms with van der Waals surface area (Å²) >= 11 is 0. The van der Waals surface area contributed by atoms with E-state index in [2.05, 4.69) is 4.98 Å². The first-order valence-corrected chi connectivity index (χ1v) is 8.65. The van der Waals surface area contributed by atoms with Crippen LogP contribution in [0.25, 0.3) is 10.9 Å². The molecule has 1 fully saturated rings. The molecule has 1 aromatic carbocycles. The largest absolute Gasteiger partial charge is 0.493 e. The number of methoxy groups -OCH3 is 2. The second kappa shape index (κ2) is 8.07. The molecular formula is C18H22N4O5. The van der Waals surface area contributed by atoms with Crippen LogP contribution in [-0.2, 0) is 16.1 Å². The number of hydrogen-bond donors (Lipinski definition) is 0. The van der Waals surface area contributed by atoms with E-state index in [0.29, 0.717) is 48.6 Å².